The lowest BCUT2D eigenvalue weighted by Crippen LogP contribution is -2.62. The first-order valence-electron chi connectivity index (χ1n) is 14.1. The normalized spacial score (nSPS) is 25.7. The summed E-state index contributed by atoms with van der Waals surface area (Å²) < 4.78 is 45.6. The third-order valence-corrected chi connectivity index (χ3v) is 10.2. The standard InChI is InChI=1S/C31H31F2N3O5S/c32-31(33)11-9-29(10-12-31,27(38)36-28(19-34)7-8-28)35-26(37)25-18-22-2-1-21(17-24(22)41-25)20-3-5-23(6-4-20)30(39)13-15-42(40)16-14-30/h1-6,17-18,39H,7-16H2,(H,35,37)(H,36,38). The van der Waals surface area contributed by atoms with Gasteiger partial charge in [-0.05, 0) is 54.5 Å². The molecule has 0 unspecified atom stereocenters. The van der Waals surface area contributed by atoms with Crippen molar-refractivity contribution in [2.45, 2.75) is 74.0 Å². The van der Waals surface area contributed by atoms with Gasteiger partial charge in [-0.15, -0.1) is 0 Å². The van der Waals surface area contributed by atoms with Gasteiger partial charge in [0.25, 0.3) is 5.91 Å². The minimum Gasteiger partial charge on any atom is -0.616 e. The summed E-state index contributed by atoms with van der Waals surface area (Å²) in [7, 11) is 0. The van der Waals surface area contributed by atoms with Gasteiger partial charge in [0, 0.05) is 31.1 Å². The van der Waals surface area contributed by atoms with Crippen LogP contribution in [0.25, 0.3) is 22.1 Å². The molecule has 0 radical (unpaired) electrons. The Morgan fingerprint density at radius 1 is 0.905 bits per heavy atom. The molecule has 1 saturated heterocycles. The summed E-state index contributed by atoms with van der Waals surface area (Å²) in [6.07, 6.45) is 0.233. The van der Waals surface area contributed by atoms with Gasteiger partial charge in [0.15, 0.2) is 5.76 Å². The Balaban J connectivity index is 1.21. The van der Waals surface area contributed by atoms with Crippen LogP contribution in [0.4, 0.5) is 8.78 Å². The molecule has 1 aromatic heterocycles. The fraction of sp³-hybridized carbons (Fsp3) is 0.452. The SMILES string of the molecule is N#CC1(NC(=O)C2(NC(=O)c3cc4ccc(-c5ccc(C6(O)CC[S+]([O-])CC6)cc5)cc4o3)CCC(F)(F)CC2)CC1. The summed E-state index contributed by atoms with van der Waals surface area (Å²) >= 11 is -0.883. The highest BCUT2D eigenvalue weighted by Gasteiger charge is 2.53. The van der Waals surface area contributed by atoms with Crippen molar-refractivity contribution in [1.82, 2.24) is 10.6 Å². The summed E-state index contributed by atoms with van der Waals surface area (Å²) in [5.74, 6) is -3.35. The average Bonchev–Trinajstić information content (AvgIpc) is 3.62. The van der Waals surface area contributed by atoms with Crippen LogP contribution in [0.2, 0.25) is 0 Å². The van der Waals surface area contributed by atoms with E-state index in [1.54, 1.807) is 18.2 Å². The molecule has 3 N–H and O–H groups in total. The van der Waals surface area contributed by atoms with Gasteiger partial charge in [-0.25, -0.2) is 8.78 Å². The number of fused-ring (bicyclic) bond motifs is 1. The van der Waals surface area contributed by atoms with Crippen LogP contribution in [0.1, 0.15) is 67.5 Å². The Morgan fingerprint density at radius 3 is 2.17 bits per heavy atom. The van der Waals surface area contributed by atoms with Gasteiger partial charge in [0.2, 0.25) is 11.8 Å². The number of benzene rings is 2. The minimum atomic E-state index is -2.93. The number of aliphatic hydroxyl groups is 1. The van der Waals surface area contributed by atoms with Crippen molar-refractivity contribution in [2.24, 2.45) is 0 Å². The van der Waals surface area contributed by atoms with Crippen LogP contribution in [0.5, 0.6) is 0 Å². The number of alkyl halides is 2. The fourth-order valence-electron chi connectivity index (χ4n) is 5.83. The smallest absolute Gasteiger partial charge is 0.287 e. The number of rotatable bonds is 6. The van der Waals surface area contributed by atoms with Crippen LogP contribution in [0.15, 0.2) is 52.9 Å². The maximum absolute atomic E-state index is 14.0. The third-order valence-electron chi connectivity index (χ3n) is 8.93. The lowest BCUT2D eigenvalue weighted by Gasteiger charge is -2.39. The van der Waals surface area contributed by atoms with Gasteiger partial charge >= 0.3 is 0 Å². The topological polar surface area (TPSA) is 138 Å². The van der Waals surface area contributed by atoms with Gasteiger partial charge in [-0.1, -0.05) is 47.6 Å². The summed E-state index contributed by atoms with van der Waals surface area (Å²) in [6.45, 7) is 0. The van der Waals surface area contributed by atoms with Crippen LogP contribution in [0, 0.1) is 11.3 Å². The van der Waals surface area contributed by atoms with Crippen LogP contribution >= 0.6 is 0 Å². The first kappa shape index (κ1) is 28.6. The quantitative estimate of drug-likeness (QED) is 0.354. The molecule has 8 nitrogen and oxygen atoms in total. The lowest BCUT2D eigenvalue weighted by atomic mass is 9.78. The highest BCUT2D eigenvalue weighted by molar-refractivity contribution is 7.91. The summed E-state index contributed by atoms with van der Waals surface area (Å²) in [5.41, 5.74) is -0.658. The van der Waals surface area contributed by atoms with Crippen LogP contribution in [-0.4, -0.2) is 50.0 Å². The molecule has 0 bridgehead atoms. The second-order valence-electron chi connectivity index (χ2n) is 11.9. The second-order valence-corrected chi connectivity index (χ2v) is 13.6. The molecule has 3 fully saturated rings. The molecule has 6 rings (SSSR count). The van der Waals surface area contributed by atoms with Gasteiger partial charge in [-0.3, -0.25) is 9.59 Å². The number of nitriles is 1. The van der Waals surface area contributed by atoms with E-state index in [-0.39, 0.29) is 18.6 Å². The largest absolute Gasteiger partial charge is 0.616 e. The predicted molar refractivity (Wildman–Crippen MR) is 152 cm³/mol. The van der Waals surface area contributed by atoms with E-state index in [2.05, 4.69) is 16.7 Å². The molecule has 0 spiro atoms. The molecule has 42 heavy (non-hydrogen) atoms. The molecule has 3 aromatic rings. The lowest BCUT2D eigenvalue weighted by molar-refractivity contribution is -0.133. The zero-order valence-electron chi connectivity index (χ0n) is 22.9. The molecule has 3 aliphatic rings. The molecule has 220 valence electrons. The fourth-order valence-corrected chi connectivity index (χ4v) is 7.17. The summed E-state index contributed by atoms with van der Waals surface area (Å²) in [6, 6.07) is 16.6. The first-order chi connectivity index (χ1) is 19.9. The van der Waals surface area contributed by atoms with E-state index in [1.165, 1.54) is 0 Å². The number of nitrogens with zero attached hydrogens (tertiary/aromatic N) is 1. The third kappa shape index (κ3) is 5.51. The van der Waals surface area contributed by atoms with Crippen molar-refractivity contribution in [1.29, 1.82) is 5.26 Å². The van der Waals surface area contributed by atoms with Crippen LogP contribution in [0.3, 0.4) is 0 Å². The molecular weight excluding hydrogens is 564 g/mol. The van der Waals surface area contributed by atoms with Crippen LogP contribution < -0.4 is 10.6 Å². The van der Waals surface area contributed by atoms with Gasteiger partial charge in [0.05, 0.1) is 11.7 Å². The maximum Gasteiger partial charge on any atom is 0.287 e. The van der Waals surface area contributed by atoms with Gasteiger partial charge in [-0.2, -0.15) is 5.26 Å². The Hall–Kier alpha value is -3.46. The van der Waals surface area contributed by atoms with Crippen molar-refractivity contribution in [3.05, 3.63) is 59.9 Å². The molecule has 2 heterocycles. The minimum absolute atomic E-state index is 0.0552. The molecule has 2 aromatic carbocycles. The Morgan fingerprint density at radius 2 is 1.55 bits per heavy atom. The Labute approximate surface area is 244 Å². The Kier molecular flexibility index (Phi) is 7.07. The number of hydrogen-bond donors (Lipinski definition) is 3. The van der Waals surface area contributed by atoms with E-state index < -0.39 is 58.4 Å². The number of nitrogens with one attached hydrogen (secondary N) is 2. The molecule has 2 saturated carbocycles. The van der Waals surface area contributed by atoms with E-state index in [0.29, 0.717) is 48.2 Å². The Bertz CT molecular complexity index is 1560. The van der Waals surface area contributed by atoms with Crippen molar-refractivity contribution >= 4 is 34.0 Å². The molecule has 2 aliphatic carbocycles. The zero-order chi connectivity index (χ0) is 29.8. The van der Waals surface area contributed by atoms with Crippen molar-refractivity contribution in [3.63, 3.8) is 0 Å². The highest BCUT2D eigenvalue weighted by Crippen LogP contribution is 2.41. The van der Waals surface area contributed by atoms with Gasteiger partial charge in [0.1, 0.15) is 28.2 Å². The van der Waals surface area contributed by atoms with Crippen molar-refractivity contribution in [2.75, 3.05) is 11.5 Å². The first-order valence-corrected chi connectivity index (χ1v) is 15.6. The average molecular weight is 596 g/mol. The van der Waals surface area contributed by atoms with Crippen LogP contribution in [-0.2, 0) is 21.6 Å². The number of furan rings is 1. The highest BCUT2D eigenvalue weighted by atomic mass is 32.2. The summed E-state index contributed by atoms with van der Waals surface area (Å²) in [5, 5.41) is 26.4. The predicted octanol–water partition coefficient (Wildman–Crippen LogP) is 4.68. The number of carbonyl (C=O) groups is 2. The molecule has 11 heteroatoms. The van der Waals surface area contributed by atoms with Gasteiger partial charge < -0.3 is 24.7 Å². The van der Waals surface area contributed by atoms with E-state index in [0.717, 1.165) is 16.7 Å². The molecule has 1 aliphatic heterocycles. The van der Waals surface area contributed by atoms with Crippen molar-refractivity contribution in [3.8, 4) is 17.2 Å². The molecule has 0 atom stereocenters. The molecule has 2 amide bonds. The van der Waals surface area contributed by atoms with E-state index in [9.17, 15) is 33.3 Å². The number of amides is 2. The number of halogens is 2. The number of hydrogen-bond acceptors (Lipinski definition) is 6. The van der Waals surface area contributed by atoms with E-state index in [4.69, 9.17) is 4.42 Å². The van der Waals surface area contributed by atoms with Crippen molar-refractivity contribution < 1.29 is 32.4 Å². The number of carbonyl (C=O) groups excluding carboxylic acids is 2. The second kappa shape index (κ2) is 10.4. The van der Waals surface area contributed by atoms with E-state index in [1.807, 2.05) is 30.3 Å². The van der Waals surface area contributed by atoms with E-state index >= 15 is 0 Å². The monoisotopic (exact) mass is 595 g/mol. The molecular formula is C31H31F2N3O5S. The zero-order valence-corrected chi connectivity index (χ0v) is 23.7. The maximum atomic E-state index is 14.0. The summed E-state index contributed by atoms with van der Waals surface area (Å²) in [4.78, 5) is 26.6.